The molecule has 8 heteroatoms. The molecule has 1 aromatic carbocycles. The summed E-state index contributed by atoms with van der Waals surface area (Å²) in [5.41, 5.74) is 0. The largest absolute Gasteiger partial charge is 0.492 e. The average molecular weight is 444 g/mol. The Hall–Kier alpha value is -1.84. The summed E-state index contributed by atoms with van der Waals surface area (Å²) in [7, 11) is 5.69. The Balaban J connectivity index is 0.00000288. The first-order valence-corrected chi connectivity index (χ1v) is 7.56. The maximum absolute atomic E-state index is 5.71. The number of ether oxygens (including phenoxy) is 1. The maximum atomic E-state index is 5.71. The van der Waals surface area contributed by atoms with Crippen molar-refractivity contribution in [3.63, 3.8) is 0 Å². The Bertz CT molecular complexity index is 643. The lowest BCUT2D eigenvalue weighted by Gasteiger charge is -2.22. The van der Waals surface area contributed by atoms with E-state index in [-0.39, 0.29) is 24.0 Å². The molecular formula is C16H25IN6O. The van der Waals surface area contributed by atoms with Crippen LogP contribution in [0.1, 0.15) is 11.6 Å². The van der Waals surface area contributed by atoms with Crippen LogP contribution in [-0.4, -0.2) is 52.9 Å². The zero-order chi connectivity index (χ0) is 16.7. The van der Waals surface area contributed by atoms with Gasteiger partial charge in [0.05, 0.1) is 13.1 Å². The first kappa shape index (κ1) is 20.2. The predicted octanol–water partition coefficient (Wildman–Crippen LogP) is 1.83. The lowest BCUT2D eigenvalue weighted by Crippen LogP contribution is -2.40. The van der Waals surface area contributed by atoms with E-state index in [9.17, 15) is 0 Å². The number of likely N-dealkylation sites (N-methyl/N-ethyl adjacent to an activating group) is 1. The van der Waals surface area contributed by atoms with Crippen LogP contribution in [0.25, 0.3) is 0 Å². The van der Waals surface area contributed by atoms with Gasteiger partial charge in [-0.25, -0.2) is 0 Å². The van der Waals surface area contributed by atoms with Crippen molar-refractivity contribution in [1.82, 2.24) is 25.0 Å². The zero-order valence-electron chi connectivity index (χ0n) is 14.6. The highest BCUT2D eigenvalue weighted by Crippen LogP contribution is 2.07. The molecule has 2 aromatic rings. The second-order valence-corrected chi connectivity index (χ2v) is 5.21. The van der Waals surface area contributed by atoms with Crippen LogP contribution >= 0.6 is 24.0 Å². The molecule has 0 spiro atoms. The minimum atomic E-state index is 0. The molecule has 24 heavy (non-hydrogen) atoms. The van der Waals surface area contributed by atoms with Crippen molar-refractivity contribution in [2.45, 2.75) is 13.5 Å². The molecule has 0 amide bonds. The van der Waals surface area contributed by atoms with Gasteiger partial charge in [0.1, 0.15) is 18.2 Å². The molecule has 0 unspecified atom stereocenters. The topological polar surface area (TPSA) is 67.6 Å². The average Bonchev–Trinajstić information content (AvgIpc) is 2.88. The SMILES string of the molecule is CN=C(NCc1nnc(C)n1C)N(C)CCOc1ccccc1.I. The molecule has 0 fully saturated rings. The lowest BCUT2D eigenvalue weighted by atomic mass is 10.3. The number of benzene rings is 1. The Kier molecular flexibility index (Phi) is 8.51. The van der Waals surface area contributed by atoms with Gasteiger partial charge in [0.15, 0.2) is 11.8 Å². The third-order valence-electron chi connectivity index (χ3n) is 3.60. The summed E-state index contributed by atoms with van der Waals surface area (Å²) >= 11 is 0. The molecule has 2 rings (SSSR count). The quantitative estimate of drug-likeness (QED) is 0.419. The molecule has 1 aromatic heterocycles. The van der Waals surface area contributed by atoms with Crippen molar-refractivity contribution in [3.8, 4) is 5.75 Å². The number of aliphatic imine (C=N–C) groups is 1. The van der Waals surface area contributed by atoms with Crippen LogP contribution in [0.15, 0.2) is 35.3 Å². The van der Waals surface area contributed by atoms with E-state index in [1.807, 2.05) is 60.8 Å². The van der Waals surface area contributed by atoms with Crippen molar-refractivity contribution < 1.29 is 4.74 Å². The first-order valence-electron chi connectivity index (χ1n) is 7.56. The fraction of sp³-hybridized carbons (Fsp3) is 0.438. The van der Waals surface area contributed by atoms with Crippen molar-refractivity contribution in [2.75, 3.05) is 27.2 Å². The van der Waals surface area contributed by atoms with Gasteiger partial charge in [0, 0.05) is 21.1 Å². The summed E-state index contributed by atoms with van der Waals surface area (Å²) < 4.78 is 7.66. The van der Waals surface area contributed by atoms with Gasteiger partial charge in [-0.3, -0.25) is 4.99 Å². The van der Waals surface area contributed by atoms with Crippen LogP contribution in [0.4, 0.5) is 0 Å². The second kappa shape index (κ2) is 10.1. The van der Waals surface area contributed by atoms with Crippen molar-refractivity contribution in [1.29, 1.82) is 0 Å². The number of aromatic nitrogens is 3. The third-order valence-corrected chi connectivity index (χ3v) is 3.60. The van der Waals surface area contributed by atoms with Crippen LogP contribution in [0, 0.1) is 6.92 Å². The number of halogens is 1. The summed E-state index contributed by atoms with van der Waals surface area (Å²) in [4.78, 5) is 6.30. The van der Waals surface area contributed by atoms with Crippen molar-refractivity contribution >= 4 is 29.9 Å². The Morgan fingerprint density at radius 1 is 1.29 bits per heavy atom. The van der Waals surface area contributed by atoms with Gasteiger partial charge in [-0.2, -0.15) is 0 Å². The zero-order valence-corrected chi connectivity index (χ0v) is 16.9. The molecule has 1 heterocycles. The molecule has 1 N–H and O–H groups in total. The third kappa shape index (κ3) is 5.66. The van der Waals surface area contributed by atoms with E-state index in [2.05, 4.69) is 20.5 Å². The smallest absolute Gasteiger partial charge is 0.193 e. The van der Waals surface area contributed by atoms with Crippen molar-refractivity contribution in [2.24, 2.45) is 12.0 Å². The van der Waals surface area contributed by atoms with Crippen LogP contribution in [-0.2, 0) is 13.6 Å². The maximum Gasteiger partial charge on any atom is 0.193 e. The molecule has 0 saturated carbocycles. The number of hydrogen-bond acceptors (Lipinski definition) is 4. The monoisotopic (exact) mass is 444 g/mol. The molecular weight excluding hydrogens is 419 g/mol. The van der Waals surface area contributed by atoms with Crippen LogP contribution in [0.5, 0.6) is 5.75 Å². The van der Waals surface area contributed by atoms with Gasteiger partial charge in [0.25, 0.3) is 0 Å². The van der Waals surface area contributed by atoms with Crippen LogP contribution in [0.2, 0.25) is 0 Å². The van der Waals surface area contributed by atoms with E-state index in [0.717, 1.165) is 29.9 Å². The van der Waals surface area contributed by atoms with E-state index in [1.165, 1.54) is 0 Å². The number of nitrogens with zero attached hydrogens (tertiary/aromatic N) is 5. The van der Waals surface area contributed by atoms with Crippen LogP contribution < -0.4 is 10.1 Å². The predicted molar refractivity (Wildman–Crippen MR) is 106 cm³/mol. The molecule has 0 saturated heterocycles. The molecule has 0 bridgehead atoms. The summed E-state index contributed by atoms with van der Waals surface area (Å²) in [6.07, 6.45) is 0. The molecule has 132 valence electrons. The molecule has 0 radical (unpaired) electrons. The number of aryl methyl sites for hydroxylation is 1. The number of nitrogens with one attached hydrogen (secondary N) is 1. The van der Waals surface area contributed by atoms with Gasteiger partial charge in [-0.15, -0.1) is 34.2 Å². The first-order chi connectivity index (χ1) is 11.1. The van der Waals surface area contributed by atoms with Gasteiger partial charge < -0.3 is 19.5 Å². The fourth-order valence-corrected chi connectivity index (χ4v) is 2.07. The van der Waals surface area contributed by atoms with E-state index >= 15 is 0 Å². The summed E-state index contributed by atoms with van der Waals surface area (Å²) in [6.45, 7) is 3.82. The number of para-hydroxylation sites is 1. The Labute approximate surface area is 160 Å². The molecule has 0 aliphatic heterocycles. The second-order valence-electron chi connectivity index (χ2n) is 5.21. The number of rotatable bonds is 6. The Morgan fingerprint density at radius 3 is 2.58 bits per heavy atom. The van der Waals surface area contributed by atoms with Gasteiger partial charge in [0.2, 0.25) is 0 Å². The molecule has 0 atom stereocenters. The van der Waals surface area contributed by atoms with Gasteiger partial charge in [-0.1, -0.05) is 18.2 Å². The molecule has 7 nitrogen and oxygen atoms in total. The van der Waals surface area contributed by atoms with E-state index < -0.39 is 0 Å². The van der Waals surface area contributed by atoms with Crippen molar-refractivity contribution in [3.05, 3.63) is 42.0 Å². The summed E-state index contributed by atoms with van der Waals surface area (Å²) in [6, 6.07) is 9.79. The summed E-state index contributed by atoms with van der Waals surface area (Å²) in [5.74, 6) is 3.43. The summed E-state index contributed by atoms with van der Waals surface area (Å²) in [5, 5.41) is 11.5. The highest BCUT2D eigenvalue weighted by Gasteiger charge is 2.09. The molecule has 0 aliphatic rings. The molecule has 0 aliphatic carbocycles. The van der Waals surface area contributed by atoms with Gasteiger partial charge >= 0.3 is 0 Å². The Morgan fingerprint density at radius 2 is 2.00 bits per heavy atom. The van der Waals surface area contributed by atoms with E-state index in [1.54, 1.807) is 7.05 Å². The highest BCUT2D eigenvalue weighted by molar-refractivity contribution is 14.0. The standard InChI is InChI=1S/C16H24N6O.HI/c1-13-19-20-15(22(13)4)12-18-16(17-2)21(3)10-11-23-14-8-6-5-7-9-14;/h5-9H,10-12H2,1-4H3,(H,17,18);1H. The van der Waals surface area contributed by atoms with Gasteiger partial charge in [-0.05, 0) is 19.1 Å². The minimum absolute atomic E-state index is 0. The lowest BCUT2D eigenvalue weighted by molar-refractivity contribution is 0.281. The fourth-order valence-electron chi connectivity index (χ4n) is 2.07. The minimum Gasteiger partial charge on any atom is -0.492 e. The van der Waals surface area contributed by atoms with E-state index in [4.69, 9.17) is 4.74 Å². The van der Waals surface area contributed by atoms with E-state index in [0.29, 0.717) is 13.2 Å². The van der Waals surface area contributed by atoms with Crippen LogP contribution in [0.3, 0.4) is 0 Å². The number of hydrogen-bond donors (Lipinski definition) is 1. The highest BCUT2D eigenvalue weighted by atomic mass is 127. The normalized spacial score (nSPS) is 10.9. The number of guanidine groups is 1.